The van der Waals surface area contributed by atoms with Crippen molar-refractivity contribution >= 4 is 23.9 Å². The summed E-state index contributed by atoms with van der Waals surface area (Å²) in [4.78, 5) is 24.8. The van der Waals surface area contributed by atoms with E-state index in [1.54, 1.807) is 6.92 Å². The molecule has 3 nitrogen and oxygen atoms in total. The van der Waals surface area contributed by atoms with Crippen molar-refractivity contribution in [2.45, 2.75) is 26.7 Å². The molecule has 0 fully saturated rings. The summed E-state index contributed by atoms with van der Waals surface area (Å²) in [5.74, 6) is -0.418. The van der Waals surface area contributed by atoms with Gasteiger partial charge in [-0.15, -0.1) is 0 Å². The van der Waals surface area contributed by atoms with Gasteiger partial charge in [0, 0.05) is 0 Å². The highest BCUT2D eigenvalue weighted by atomic mass is 16.5. The number of esters is 1. The van der Waals surface area contributed by atoms with Crippen LogP contribution in [0.1, 0.15) is 37.8 Å². The number of allylic oxidation sites excluding steroid dienone is 2. The van der Waals surface area contributed by atoms with E-state index in [0.29, 0.717) is 13.0 Å². The van der Waals surface area contributed by atoms with Crippen LogP contribution >= 0.6 is 0 Å². The van der Waals surface area contributed by atoms with Crippen molar-refractivity contribution < 1.29 is 14.3 Å². The molecule has 0 aliphatic rings. The lowest BCUT2D eigenvalue weighted by molar-refractivity contribution is -0.147. The van der Waals surface area contributed by atoms with Crippen LogP contribution in [0.4, 0.5) is 0 Å². The van der Waals surface area contributed by atoms with Crippen LogP contribution in [0, 0.1) is 5.41 Å². The number of carbonyl (C=O) groups excluding carboxylic acids is 2. The molecule has 0 aromatic heterocycles. The van der Waals surface area contributed by atoms with Crippen molar-refractivity contribution in [2.75, 3.05) is 6.61 Å². The highest BCUT2D eigenvalue weighted by Crippen LogP contribution is 2.32. The number of hydrogen-bond acceptors (Lipinski definition) is 3. The Bertz CT molecular complexity index is 791. The molecule has 2 rings (SSSR count). The van der Waals surface area contributed by atoms with Crippen LogP contribution in [-0.2, 0) is 14.3 Å². The summed E-state index contributed by atoms with van der Waals surface area (Å²) >= 11 is 0. The van der Waals surface area contributed by atoms with Gasteiger partial charge < -0.3 is 4.74 Å². The molecular formula is C24H26O3. The Balaban J connectivity index is 2.29. The van der Waals surface area contributed by atoms with Crippen molar-refractivity contribution in [2.24, 2.45) is 5.41 Å². The highest BCUT2D eigenvalue weighted by molar-refractivity contribution is 5.90. The molecule has 0 bridgehead atoms. The summed E-state index contributed by atoms with van der Waals surface area (Å²) in [6, 6.07) is 19.6. The molecule has 0 N–H and O–H groups in total. The second-order valence-corrected chi connectivity index (χ2v) is 6.46. The number of ether oxygens (including phenoxy) is 1. The Morgan fingerprint density at radius 3 is 2.00 bits per heavy atom. The molecule has 3 heteroatoms. The van der Waals surface area contributed by atoms with Gasteiger partial charge in [0.05, 0.1) is 18.4 Å². The monoisotopic (exact) mass is 362 g/mol. The summed E-state index contributed by atoms with van der Waals surface area (Å²) in [5, 5.41) is 0. The first-order valence-corrected chi connectivity index (χ1v) is 9.18. The number of rotatable bonds is 9. The Labute approximate surface area is 161 Å². The molecule has 1 atom stereocenters. The van der Waals surface area contributed by atoms with Gasteiger partial charge in [0.1, 0.15) is 5.78 Å². The molecule has 0 saturated carbocycles. The zero-order valence-corrected chi connectivity index (χ0v) is 15.9. The van der Waals surface area contributed by atoms with Gasteiger partial charge in [-0.3, -0.25) is 9.59 Å². The maximum absolute atomic E-state index is 12.6. The second-order valence-electron chi connectivity index (χ2n) is 6.46. The molecule has 0 aliphatic carbocycles. The average Bonchev–Trinajstić information content (AvgIpc) is 2.67. The third-order valence-electron chi connectivity index (χ3n) is 4.45. The van der Waals surface area contributed by atoms with E-state index in [1.807, 2.05) is 85.0 Å². The number of benzene rings is 2. The van der Waals surface area contributed by atoms with Gasteiger partial charge in [-0.05, 0) is 31.4 Å². The van der Waals surface area contributed by atoms with Gasteiger partial charge in [0.2, 0.25) is 0 Å². The Morgan fingerprint density at radius 1 is 0.926 bits per heavy atom. The van der Waals surface area contributed by atoms with Crippen LogP contribution in [0.25, 0.3) is 12.2 Å². The number of hydrogen-bond donors (Lipinski definition) is 0. The molecule has 0 aliphatic heterocycles. The fourth-order valence-electron chi connectivity index (χ4n) is 2.84. The molecule has 0 spiro atoms. The van der Waals surface area contributed by atoms with E-state index in [2.05, 4.69) is 0 Å². The Kier molecular flexibility index (Phi) is 7.75. The summed E-state index contributed by atoms with van der Waals surface area (Å²) in [6.07, 6.45) is 8.12. The lowest BCUT2D eigenvalue weighted by Gasteiger charge is -2.26. The Hall–Kier alpha value is -2.94. The van der Waals surface area contributed by atoms with E-state index in [-0.39, 0.29) is 18.2 Å². The number of carbonyl (C=O) groups is 2. The van der Waals surface area contributed by atoms with Gasteiger partial charge in [0.25, 0.3) is 0 Å². The number of Topliss-reactive ketones (excluding diaryl/α,β-unsaturated/α-hetero) is 1. The summed E-state index contributed by atoms with van der Waals surface area (Å²) in [6.45, 7) is 3.60. The standard InChI is InChI=1S/C24H26O3/c1-3-27-23(26)19-24(20(2)25,18-16-22-13-8-5-9-14-22)17-10-15-21-11-6-4-7-12-21/h4-16,18H,3,17,19H2,1-2H3/b15-10+,18-16+. The third kappa shape index (κ3) is 6.37. The molecule has 1 unspecified atom stereocenters. The van der Waals surface area contributed by atoms with Crippen LogP contribution in [-0.4, -0.2) is 18.4 Å². The van der Waals surface area contributed by atoms with Crippen molar-refractivity contribution in [3.05, 3.63) is 83.9 Å². The molecule has 27 heavy (non-hydrogen) atoms. The fourth-order valence-corrected chi connectivity index (χ4v) is 2.84. The summed E-state index contributed by atoms with van der Waals surface area (Å²) < 4.78 is 5.12. The van der Waals surface area contributed by atoms with Crippen LogP contribution < -0.4 is 0 Å². The highest BCUT2D eigenvalue weighted by Gasteiger charge is 2.34. The van der Waals surface area contributed by atoms with E-state index < -0.39 is 5.41 Å². The van der Waals surface area contributed by atoms with E-state index in [9.17, 15) is 9.59 Å². The van der Waals surface area contributed by atoms with E-state index in [4.69, 9.17) is 4.74 Å². The first-order valence-electron chi connectivity index (χ1n) is 9.18. The van der Waals surface area contributed by atoms with Gasteiger partial charge >= 0.3 is 5.97 Å². The van der Waals surface area contributed by atoms with Crippen LogP contribution in [0.3, 0.4) is 0 Å². The van der Waals surface area contributed by atoms with E-state index >= 15 is 0 Å². The summed E-state index contributed by atoms with van der Waals surface area (Å²) in [5.41, 5.74) is 1.12. The molecular weight excluding hydrogens is 336 g/mol. The minimum Gasteiger partial charge on any atom is -0.466 e. The molecule has 140 valence electrons. The van der Waals surface area contributed by atoms with Gasteiger partial charge in [-0.1, -0.05) is 85.0 Å². The third-order valence-corrected chi connectivity index (χ3v) is 4.45. The Morgan fingerprint density at radius 2 is 1.48 bits per heavy atom. The fraction of sp³-hybridized carbons (Fsp3) is 0.250. The minimum absolute atomic E-state index is 0.0264. The average molecular weight is 362 g/mol. The van der Waals surface area contributed by atoms with Crippen molar-refractivity contribution in [1.29, 1.82) is 0 Å². The van der Waals surface area contributed by atoms with E-state index in [0.717, 1.165) is 11.1 Å². The topological polar surface area (TPSA) is 43.4 Å². The van der Waals surface area contributed by atoms with Crippen molar-refractivity contribution in [3.8, 4) is 0 Å². The molecule has 0 radical (unpaired) electrons. The van der Waals surface area contributed by atoms with Crippen LogP contribution in [0.2, 0.25) is 0 Å². The quantitative estimate of drug-likeness (QED) is 0.566. The lowest BCUT2D eigenvalue weighted by Crippen LogP contribution is -2.30. The van der Waals surface area contributed by atoms with Crippen LogP contribution in [0.15, 0.2) is 72.8 Å². The zero-order valence-electron chi connectivity index (χ0n) is 15.9. The van der Waals surface area contributed by atoms with Gasteiger partial charge in [-0.2, -0.15) is 0 Å². The molecule has 0 amide bonds. The molecule has 0 heterocycles. The maximum Gasteiger partial charge on any atom is 0.307 e. The lowest BCUT2D eigenvalue weighted by atomic mass is 9.76. The van der Waals surface area contributed by atoms with E-state index in [1.165, 1.54) is 6.92 Å². The van der Waals surface area contributed by atoms with Crippen LogP contribution in [0.5, 0.6) is 0 Å². The van der Waals surface area contributed by atoms with Gasteiger partial charge in [-0.25, -0.2) is 0 Å². The first kappa shape index (κ1) is 20.4. The van der Waals surface area contributed by atoms with Crippen molar-refractivity contribution in [3.63, 3.8) is 0 Å². The molecule has 2 aromatic rings. The summed E-state index contributed by atoms with van der Waals surface area (Å²) in [7, 11) is 0. The van der Waals surface area contributed by atoms with Crippen molar-refractivity contribution in [1.82, 2.24) is 0 Å². The predicted molar refractivity (Wildman–Crippen MR) is 110 cm³/mol. The smallest absolute Gasteiger partial charge is 0.307 e. The second kappa shape index (κ2) is 10.3. The molecule has 0 saturated heterocycles. The normalized spacial score (nSPS) is 13.6. The largest absolute Gasteiger partial charge is 0.466 e. The minimum atomic E-state index is -0.923. The maximum atomic E-state index is 12.6. The number of ketones is 1. The zero-order chi connectivity index (χ0) is 19.5. The first-order chi connectivity index (χ1) is 13.1. The van der Waals surface area contributed by atoms with Gasteiger partial charge in [0.15, 0.2) is 0 Å². The SMILES string of the molecule is CCOC(=O)CC(/C=C/c1ccccc1)(C/C=C/c1ccccc1)C(C)=O. The predicted octanol–water partition coefficient (Wildman–Crippen LogP) is 5.33. The molecule has 2 aromatic carbocycles.